The van der Waals surface area contributed by atoms with E-state index in [1.807, 2.05) is 0 Å². The monoisotopic (exact) mass is 293 g/mol. The van der Waals surface area contributed by atoms with Gasteiger partial charge in [-0.1, -0.05) is 0 Å². The van der Waals surface area contributed by atoms with Crippen molar-refractivity contribution in [3.8, 4) is 5.82 Å². The van der Waals surface area contributed by atoms with Gasteiger partial charge in [0.05, 0.1) is 6.61 Å². The van der Waals surface area contributed by atoms with Crippen molar-refractivity contribution in [2.24, 2.45) is 0 Å². The minimum atomic E-state index is -0.671. The van der Waals surface area contributed by atoms with Gasteiger partial charge < -0.3 is 4.74 Å². The smallest absolute Gasteiger partial charge is 0.352 e. The van der Waals surface area contributed by atoms with Crippen LogP contribution in [0.3, 0.4) is 0 Å². The Bertz CT molecular complexity index is 767. The fourth-order valence-electron chi connectivity index (χ4n) is 1.66. The van der Waals surface area contributed by atoms with Crippen LogP contribution in [0.15, 0.2) is 18.5 Å². The van der Waals surface area contributed by atoms with Gasteiger partial charge in [-0.3, -0.25) is 4.57 Å². The Morgan fingerprint density at radius 3 is 3.00 bits per heavy atom. The van der Waals surface area contributed by atoms with E-state index in [1.54, 1.807) is 6.92 Å². The van der Waals surface area contributed by atoms with E-state index in [4.69, 9.17) is 4.74 Å². The van der Waals surface area contributed by atoms with Crippen LogP contribution in [0.25, 0.3) is 17.0 Å². The molecule has 0 aromatic carbocycles. The molecule has 0 bridgehead atoms. The van der Waals surface area contributed by atoms with Crippen molar-refractivity contribution in [1.29, 1.82) is 0 Å². The average Bonchev–Trinajstić information content (AvgIpc) is 3.01. The molecule has 7 nitrogen and oxygen atoms in total. The van der Waals surface area contributed by atoms with Crippen molar-refractivity contribution < 1.29 is 13.9 Å². The van der Waals surface area contributed by atoms with Crippen molar-refractivity contribution in [2.75, 3.05) is 6.61 Å². The van der Waals surface area contributed by atoms with Gasteiger partial charge in [-0.2, -0.15) is 8.76 Å². The highest BCUT2D eigenvalue weighted by Crippen LogP contribution is 2.23. The molecule has 0 aliphatic heterocycles. The first-order chi connectivity index (χ1) is 9.70. The Morgan fingerprint density at radius 2 is 2.30 bits per heavy atom. The van der Waals surface area contributed by atoms with E-state index < -0.39 is 11.9 Å². The first-order valence-corrected chi connectivity index (χ1v) is 6.47. The number of aromatic nitrogens is 5. The normalized spacial score (nSPS) is 10.9. The lowest BCUT2D eigenvalue weighted by molar-refractivity contribution is 0.0534. The fourth-order valence-corrected chi connectivity index (χ4v) is 2.37. The predicted octanol–water partition coefficient (Wildman–Crippen LogP) is 1.59. The van der Waals surface area contributed by atoms with Crippen molar-refractivity contribution >= 4 is 28.7 Å². The van der Waals surface area contributed by atoms with Crippen LogP contribution >= 0.6 is 11.5 Å². The summed E-state index contributed by atoms with van der Waals surface area (Å²) >= 11 is 0.999. The van der Waals surface area contributed by atoms with E-state index in [0.717, 1.165) is 11.5 Å². The maximum absolute atomic E-state index is 12.8. The van der Waals surface area contributed by atoms with Crippen LogP contribution in [0.1, 0.15) is 16.6 Å². The summed E-state index contributed by atoms with van der Waals surface area (Å²) in [6.45, 7) is 2.01. The number of halogens is 1. The average molecular weight is 293 g/mol. The molecule has 0 aliphatic carbocycles. The lowest BCUT2D eigenvalue weighted by atomic mass is 10.4. The molecule has 3 rings (SSSR count). The molecule has 0 unspecified atom stereocenters. The second-order valence-electron chi connectivity index (χ2n) is 3.73. The molecular weight excluding hydrogens is 285 g/mol. The van der Waals surface area contributed by atoms with Crippen molar-refractivity contribution in [3.63, 3.8) is 0 Å². The summed E-state index contributed by atoms with van der Waals surface area (Å²) in [5.41, 5.74) is 0.888. The molecule has 0 N–H and O–H groups in total. The minimum Gasteiger partial charge on any atom is -0.462 e. The van der Waals surface area contributed by atoms with Crippen LogP contribution < -0.4 is 0 Å². The molecule has 0 spiro atoms. The topological polar surface area (TPSA) is 82.8 Å². The summed E-state index contributed by atoms with van der Waals surface area (Å²) < 4.78 is 23.4. The third kappa shape index (κ3) is 2.01. The summed E-state index contributed by atoms with van der Waals surface area (Å²) in [7, 11) is 0. The molecule has 3 aromatic rings. The summed E-state index contributed by atoms with van der Waals surface area (Å²) in [6.07, 6.45) is 1.45. The number of hydrogen-bond acceptors (Lipinski definition) is 7. The van der Waals surface area contributed by atoms with Gasteiger partial charge in [0.2, 0.25) is 5.95 Å². The van der Waals surface area contributed by atoms with E-state index in [-0.39, 0.29) is 6.61 Å². The third-order valence-electron chi connectivity index (χ3n) is 2.51. The summed E-state index contributed by atoms with van der Waals surface area (Å²) in [5, 5.41) is 7.04. The number of nitrogens with zero attached hydrogens (tertiary/aromatic N) is 5. The van der Waals surface area contributed by atoms with Crippen LogP contribution in [0.5, 0.6) is 0 Å². The number of esters is 1. The number of carbonyl (C=O) groups excluding carboxylic acids is 1. The number of rotatable bonds is 3. The molecule has 20 heavy (non-hydrogen) atoms. The third-order valence-corrected chi connectivity index (χ3v) is 3.31. The van der Waals surface area contributed by atoms with Gasteiger partial charge in [0.25, 0.3) is 0 Å². The molecule has 3 aromatic heterocycles. The number of hydrogen-bond donors (Lipinski definition) is 0. The number of imidazole rings is 1. The quantitative estimate of drug-likeness (QED) is 0.682. The van der Waals surface area contributed by atoms with Crippen molar-refractivity contribution in [2.45, 2.75) is 6.92 Å². The fraction of sp³-hybridized carbons (Fsp3) is 0.182. The van der Waals surface area contributed by atoms with Gasteiger partial charge in [-0.15, -0.1) is 10.2 Å². The first-order valence-electron chi connectivity index (χ1n) is 5.70. The number of fused-ring (bicyclic) bond motifs is 1. The van der Waals surface area contributed by atoms with Crippen LogP contribution in [-0.2, 0) is 4.74 Å². The lowest BCUT2D eigenvalue weighted by Gasteiger charge is -1.98. The molecule has 9 heteroatoms. The lowest BCUT2D eigenvalue weighted by Crippen LogP contribution is -2.02. The first kappa shape index (κ1) is 12.6. The predicted molar refractivity (Wildman–Crippen MR) is 68.2 cm³/mol. The van der Waals surface area contributed by atoms with E-state index >= 15 is 0 Å². The number of ether oxygens (including phenoxy) is 1. The van der Waals surface area contributed by atoms with Crippen LogP contribution in [0.2, 0.25) is 0 Å². The molecule has 3 heterocycles. The second-order valence-corrected chi connectivity index (χ2v) is 4.51. The Balaban J connectivity index is 2.07. The molecular formula is C11H8FN5O2S. The Kier molecular flexibility index (Phi) is 3.11. The van der Waals surface area contributed by atoms with Crippen LogP contribution in [0, 0.1) is 5.95 Å². The SMILES string of the molecule is CCOC(=O)c1snc2c1ncn2-c1ccc(F)nn1. The van der Waals surface area contributed by atoms with Gasteiger partial charge in [0.15, 0.2) is 16.3 Å². The molecule has 0 saturated heterocycles. The molecule has 0 atom stereocenters. The van der Waals surface area contributed by atoms with E-state index in [9.17, 15) is 9.18 Å². The molecule has 0 amide bonds. The second kappa shape index (κ2) is 4.93. The largest absolute Gasteiger partial charge is 0.462 e. The highest BCUT2D eigenvalue weighted by Gasteiger charge is 2.20. The molecule has 0 radical (unpaired) electrons. The number of carbonyl (C=O) groups is 1. The van der Waals surface area contributed by atoms with Gasteiger partial charge in [0.1, 0.15) is 11.8 Å². The molecule has 102 valence electrons. The van der Waals surface area contributed by atoms with Crippen molar-refractivity contribution in [3.05, 3.63) is 29.3 Å². The molecule has 0 fully saturated rings. The zero-order valence-corrected chi connectivity index (χ0v) is 11.1. The summed E-state index contributed by atoms with van der Waals surface area (Å²) in [6, 6.07) is 2.64. The maximum atomic E-state index is 12.8. The molecule has 0 aliphatic rings. The van der Waals surface area contributed by atoms with Crippen LogP contribution in [-0.4, -0.2) is 36.7 Å². The van der Waals surface area contributed by atoms with Crippen molar-refractivity contribution in [1.82, 2.24) is 24.1 Å². The summed E-state index contributed by atoms with van der Waals surface area (Å²) in [5.74, 6) is -0.763. The van der Waals surface area contributed by atoms with Gasteiger partial charge in [0, 0.05) is 0 Å². The zero-order chi connectivity index (χ0) is 14.1. The standard InChI is InChI=1S/C11H8FN5O2S/c1-2-19-11(18)9-8-10(16-20-9)17(5-13-8)7-4-3-6(12)14-15-7/h3-5H,2H2,1H3. The van der Waals surface area contributed by atoms with Gasteiger partial charge in [-0.25, -0.2) is 9.78 Å². The summed E-state index contributed by atoms with van der Waals surface area (Å²) in [4.78, 5) is 16.2. The Morgan fingerprint density at radius 1 is 1.45 bits per heavy atom. The highest BCUT2D eigenvalue weighted by atomic mass is 32.1. The van der Waals surface area contributed by atoms with E-state index in [2.05, 4.69) is 19.6 Å². The maximum Gasteiger partial charge on any atom is 0.352 e. The molecule has 0 saturated carbocycles. The van der Waals surface area contributed by atoms with E-state index in [0.29, 0.717) is 21.9 Å². The van der Waals surface area contributed by atoms with Crippen LogP contribution in [0.4, 0.5) is 4.39 Å². The van der Waals surface area contributed by atoms with E-state index in [1.165, 1.54) is 23.0 Å². The zero-order valence-electron chi connectivity index (χ0n) is 10.3. The Hall–Kier alpha value is -2.42. The minimum absolute atomic E-state index is 0.280. The Labute approximate surface area is 116 Å². The highest BCUT2D eigenvalue weighted by molar-refractivity contribution is 7.09. The van der Waals surface area contributed by atoms with Gasteiger partial charge in [-0.05, 0) is 30.6 Å². The van der Waals surface area contributed by atoms with Gasteiger partial charge >= 0.3 is 5.97 Å².